The number of nitrogens with zero attached hydrogens (tertiary/aromatic N) is 1. The molecule has 0 bridgehead atoms. The zero-order valence-corrected chi connectivity index (χ0v) is 9.30. The van der Waals surface area contributed by atoms with Crippen molar-refractivity contribution in [3.63, 3.8) is 0 Å². The van der Waals surface area contributed by atoms with Gasteiger partial charge in [0.1, 0.15) is 5.88 Å². The molecule has 1 heterocycles. The van der Waals surface area contributed by atoms with Crippen LogP contribution in [0.3, 0.4) is 0 Å². The zero-order chi connectivity index (χ0) is 10.3. The predicted molar refractivity (Wildman–Crippen MR) is 54.1 cm³/mol. The molecule has 1 aliphatic rings. The summed E-state index contributed by atoms with van der Waals surface area (Å²) in [7, 11) is 3.34. The molecule has 1 saturated heterocycles. The molecule has 0 N–H and O–H groups in total. The summed E-state index contributed by atoms with van der Waals surface area (Å²) in [5.74, 6) is 0.0224. The van der Waals surface area contributed by atoms with E-state index in [-0.39, 0.29) is 11.8 Å². The highest BCUT2D eigenvalue weighted by Gasteiger charge is 2.07. The molecule has 78 valence electrons. The molecule has 0 radical (unpaired) electrons. The van der Waals surface area contributed by atoms with Crippen LogP contribution in [0.25, 0.3) is 0 Å². The van der Waals surface area contributed by atoms with E-state index in [1.165, 1.54) is 17.7 Å². The maximum Gasteiger partial charge on any atom is 0.236 e. The normalized spacial score (nSPS) is 20.5. The van der Waals surface area contributed by atoms with Gasteiger partial charge >= 0.3 is 0 Å². The molecule has 1 aliphatic heterocycles. The van der Waals surface area contributed by atoms with Crippen LogP contribution < -0.4 is 0 Å². The Balaban J connectivity index is 0.000000223. The lowest BCUT2D eigenvalue weighted by Crippen LogP contribution is -2.22. The molecular formula is C9H18ClNO2. The highest BCUT2D eigenvalue weighted by Crippen LogP contribution is 2.09. The minimum Gasteiger partial charge on any atom is -0.379 e. The molecule has 0 aromatic heterocycles. The van der Waals surface area contributed by atoms with E-state index in [0.717, 1.165) is 6.61 Å². The molecule has 13 heavy (non-hydrogen) atoms. The van der Waals surface area contributed by atoms with Crippen molar-refractivity contribution in [2.75, 3.05) is 26.6 Å². The van der Waals surface area contributed by atoms with Crippen LogP contribution in [-0.2, 0) is 9.53 Å². The molecule has 0 spiro atoms. The molecule has 1 unspecified atom stereocenters. The fourth-order valence-electron chi connectivity index (χ4n) is 0.858. The van der Waals surface area contributed by atoms with E-state index in [1.54, 1.807) is 14.1 Å². The number of rotatable bonds is 1. The van der Waals surface area contributed by atoms with E-state index in [1.807, 2.05) is 0 Å². The number of carbonyl (C=O) groups excluding carboxylic acids is 1. The van der Waals surface area contributed by atoms with E-state index in [0.29, 0.717) is 6.10 Å². The number of hydrogen-bond donors (Lipinski definition) is 0. The third-order valence-electron chi connectivity index (χ3n) is 1.77. The number of ether oxygens (including phenoxy) is 1. The second-order valence-electron chi connectivity index (χ2n) is 3.25. The largest absolute Gasteiger partial charge is 0.379 e. The summed E-state index contributed by atoms with van der Waals surface area (Å²) in [4.78, 5) is 11.8. The van der Waals surface area contributed by atoms with Crippen molar-refractivity contribution in [3.05, 3.63) is 0 Å². The van der Waals surface area contributed by atoms with E-state index < -0.39 is 0 Å². The highest BCUT2D eigenvalue weighted by atomic mass is 35.5. The molecule has 1 amide bonds. The fraction of sp³-hybridized carbons (Fsp3) is 0.889. The zero-order valence-electron chi connectivity index (χ0n) is 8.55. The van der Waals surface area contributed by atoms with Crippen LogP contribution in [0.5, 0.6) is 0 Å². The Labute approximate surface area is 85.0 Å². The maximum atomic E-state index is 10.3. The minimum atomic E-state index is -0.0540. The van der Waals surface area contributed by atoms with Gasteiger partial charge in [-0.1, -0.05) is 0 Å². The number of amides is 1. The first kappa shape index (κ1) is 12.7. The lowest BCUT2D eigenvalue weighted by molar-refractivity contribution is -0.126. The molecule has 0 saturated carbocycles. The molecule has 0 aliphatic carbocycles. The minimum absolute atomic E-state index is 0.0540. The van der Waals surface area contributed by atoms with Crippen LogP contribution in [0.2, 0.25) is 0 Å². The number of alkyl halides is 1. The Morgan fingerprint density at radius 1 is 1.62 bits per heavy atom. The van der Waals surface area contributed by atoms with Gasteiger partial charge in [-0.3, -0.25) is 4.79 Å². The van der Waals surface area contributed by atoms with Gasteiger partial charge in [0.05, 0.1) is 6.10 Å². The Kier molecular flexibility index (Phi) is 7.00. The standard InChI is InChI=1S/C5H10O.C4H8ClNO/c1-5-3-2-4-6-5;1-6(2)4(7)3-5/h5H,2-4H2,1H3;3H2,1-2H3. The molecule has 3 nitrogen and oxygen atoms in total. The van der Waals surface area contributed by atoms with E-state index in [9.17, 15) is 4.79 Å². The van der Waals surface area contributed by atoms with Crippen LogP contribution >= 0.6 is 11.6 Å². The third kappa shape index (κ3) is 6.84. The number of carbonyl (C=O) groups is 1. The molecule has 0 aromatic rings. The van der Waals surface area contributed by atoms with Gasteiger partial charge in [-0.2, -0.15) is 0 Å². The van der Waals surface area contributed by atoms with Crippen molar-refractivity contribution in [1.29, 1.82) is 0 Å². The van der Waals surface area contributed by atoms with Crippen molar-refractivity contribution in [1.82, 2.24) is 4.90 Å². The summed E-state index contributed by atoms with van der Waals surface area (Å²) in [5, 5.41) is 0. The van der Waals surface area contributed by atoms with Crippen LogP contribution in [0.4, 0.5) is 0 Å². The highest BCUT2D eigenvalue weighted by molar-refractivity contribution is 6.27. The third-order valence-corrected chi connectivity index (χ3v) is 2.00. The van der Waals surface area contributed by atoms with Gasteiger partial charge in [0.25, 0.3) is 0 Å². The first-order valence-electron chi connectivity index (χ1n) is 4.45. The van der Waals surface area contributed by atoms with Gasteiger partial charge in [0, 0.05) is 20.7 Å². The van der Waals surface area contributed by atoms with Crippen molar-refractivity contribution in [3.8, 4) is 0 Å². The van der Waals surface area contributed by atoms with Crippen molar-refractivity contribution in [2.24, 2.45) is 0 Å². The Morgan fingerprint density at radius 2 is 2.23 bits per heavy atom. The second kappa shape index (κ2) is 7.15. The SMILES string of the molecule is CC1CCCO1.CN(C)C(=O)CCl. The van der Waals surface area contributed by atoms with Gasteiger partial charge in [-0.15, -0.1) is 11.6 Å². The summed E-state index contributed by atoms with van der Waals surface area (Å²) in [6.45, 7) is 3.11. The van der Waals surface area contributed by atoms with Crippen LogP contribution in [0.1, 0.15) is 19.8 Å². The summed E-state index contributed by atoms with van der Waals surface area (Å²) in [6.07, 6.45) is 3.08. The number of hydrogen-bond acceptors (Lipinski definition) is 2. The smallest absolute Gasteiger partial charge is 0.236 e. The lowest BCUT2D eigenvalue weighted by Gasteiger charge is -2.04. The number of halogens is 1. The van der Waals surface area contributed by atoms with Gasteiger partial charge in [-0.25, -0.2) is 0 Å². The summed E-state index contributed by atoms with van der Waals surface area (Å²) in [6, 6.07) is 0. The van der Waals surface area contributed by atoms with Crippen LogP contribution in [-0.4, -0.2) is 43.5 Å². The van der Waals surface area contributed by atoms with E-state index in [2.05, 4.69) is 6.92 Å². The maximum absolute atomic E-state index is 10.3. The van der Waals surface area contributed by atoms with Gasteiger partial charge < -0.3 is 9.64 Å². The van der Waals surface area contributed by atoms with Gasteiger partial charge in [-0.05, 0) is 19.8 Å². The van der Waals surface area contributed by atoms with E-state index in [4.69, 9.17) is 16.3 Å². The average molecular weight is 208 g/mol. The Hall–Kier alpha value is -0.280. The lowest BCUT2D eigenvalue weighted by atomic mass is 10.3. The second-order valence-corrected chi connectivity index (χ2v) is 3.51. The van der Waals surface area contributed by atoms with Crippen LogP contribution in [0, 0.1) is 0 Å². The monoisotopic (exact) mass is 207 g/mol. The van der Waals surface area contributed by atoms with E-state index >= 15 is 0 Å². The predicted octanol–water partition coefficient (Wildman–Crippen LogP) is 1.50. The Bertz CT molecular complexity index is 145. The first-order chi connectivity index (χ1) is 6.07. The summed E-state index contributed by atoms with van der Waals surface area (Å²) in [5.41, 5.74) is 0. The molecule has 1 rings (SSSR count). The molecule has 0 aromatic carbocycles. The quantitative estimate of drug-likeness (QED) is 0.610. The van der Waals surface area contributed by atoms with Gasteiger partial charge in [0.2, 0.25) is 5.91 Å². The summed E-state index contributed by atoms with van der Waals surface area (Å²) < 4.78 is 5.15. The molecule has 1 fully saturated rings. The van der Waals surface area contributed by atoms with Crippen LogP contribution in [0.15, 0.2) is 0 Å². The summed E-state index contributed by atoms with van der Waals surface area (Å²) >= 11 is 5.16. The van der Waals surface area contributed by atoms with Crippen molar-refractivity contribution >= 4 is 17.5 Å². The average Bonchev–Trinajstić information content (AvgIpc) is 2.55. The van der Waals surface area contributed by atoms with Crippen molar-refractivity contribution in [2.45, 2.75) is 25.9 Å². The molecule has 1 atom stereocenters. The topological polar surface area (TPSA) is 29.5 Å². The van der Waals surface area contributed by atoms with Crippen molar-refractivity contribution < 1.29 is 9.53 Å². The fourth-order valence-corrected chi connectivity index (χ4v) is 1.10. The molecule has 4 heteroatoms. The Morgan fingerprint density at radius 3 is 2.31 bits per heavy atom. The van der Waals surface area contributed by atoms with Gasteiger partial charge in [0.15, 0.2) is 0 Å². The molecular weight excluding hydrogens is 190 g/mol. The first-order valence-corrected chi connectivity index (χ1v) is 4.99.